The summed E-state index contributed by atoms with van der Waals surface area (Å²) in [6, 6.07) is 11.1. The number of ether oxygens (including phenoxy) is 1. The molecular formula is C21H19F3N4O2. The molecule has 0 unspecified atom stereocenters. The summed E-state index contributed by atoms with van der Waals surface area (Å²) in [5.74, 6) is 0.0303. The van der Waals surface area contributed by atoms with E-state index in [0.717, 1.165) is 22.9 Å². The standard InChI is InChI=1S/C21H19F3N4O2/c1-12-18(13-3-5-15(25)6-4-13)26-27(2)19(12)28-10-9-14-11-16(30-21(22,23)24)7-8-17(14)20(28)29/h3-8,11H,9-10,25H2,1-2H3. The first-order valence-corrected chi connectivity index (χ1v) is 9.24. The molecule has 30 heavy (non-hydrogen) atoms. The van der Waals surface area contributed by atoms with Crippen molar-refractivity contribution in [2.45, 2.75) is 19.7 Å². The number of carbonyl (C=O) groups excluding carboxylic acids is 1. The molecule has 0 aliphatic carbocycles. The van der Waals surface area contributed by atoms with Crippen molar-refractivity contribution < 1.29 is 22.7 Å². The lowest BCUT2D eigenvalue weighted by atomic mass is 9.98. The van der Waals surface area contributed by atoms with Gasteiger partial charge in [-0.2, -0.15) is 5.10 Å². The highest BCUT2D eigenvalue weighted by molar-refractivity contribution is 6.08. The van der Waals surface area contributed by atoms with E-state index in [9.17, 15) is 18.0 Å². The van der Waals surface area contributed by atoms with Gasteiger partial charge in [0.2, 0.25) is 0 Å². The molecule has 0 fully saturated rings. The number of hydrogen-bond acceptors (Lipinski definition) is 4. The van der Waals surface area contributed by atoms with Crippen LogP contribution < -0.4 is 15.4 Å². The van der Waals surface area contributed by atoms with E-state index in [1.54, 1.807) is 28.8 Å². The summed E-state index contributed by atoms with van der Waals surface area (Å²) in [6.07, 6.45) is -4.37. The Morgan fingerprint density at radius 3 is 2.50 bits per heavy atom. The second-order valence-electron chi connectivity index (χ2n) is 7.12. The number of aryl methyl sites for hydroxylation is 1. The number of halogens is 3. The van der Waals surface area contributed by atoms with Gasteiger partial charge in [-0.15, -0.1) is 13.2 Å². The Hall–Kier alpha value is -3.49. The van der Waals surface area contributed by atoms with Crippen LogP contribution in [-0.2, 0) is 13.5 Å². The first-order chi connectivity index (χ1) is 14.1. The number of nitrogen functional groups attached to an aromatic ring is 1. The maximum absolute atomic E-state index is 13.1. The summed E-state index contributed by atoms with van der Waals surface area (Å²) in [5, 5.41) is 4.57. The van der Waals surface area contributed by atoms with Crippen molar-refractivity contribution in [2.24, 2.45) is 7.05 Å². The molecule has 2 heterocycles. The number of fused-ring (bicyclic) bond motifs is 1. The molecule has 0 saturated carbocycles. The molecule has 156 valence electrons. The summed E-state index contributed by atoms with van der Waals surface area (Å²) in [4.78, 5) is 14.7. The number of carbonyl (C=O) groups is 1. The fraction of sp³-hybridized carbons (Fsp3) is 0.238. The highest BCUT2D eigenvalue weighted by Crippen LogP contribution is 2.34. The van der Waals surface area contributed by atoms with E-state index in [2.05, 4.69) is 9.84 Å². The van der Waals surface area contributed by atoms with Crippen molar-refractivity contribution >= 4 is 17.4 Å². The zero-order chi connectivity index (χ0) is 21.6. The van der Waals surface area contributed by atoms with Gasteiger partial charge >= 0.3 is 6.36 Å². The molecule has 0 spiro atoms. The first kappa shape index (κ1) is 19.8. The van der Waals surface area contributed by atoms with Crippen molar-refractivity contribution in [1.29, 1.82) is 0 Å². The van der Waals surface area contributed by atoms with Crippen LogP contribution in [0.3, 0.4) is 0 Å². The van der Waals surface area contributed by atoms with Crippen LogP contribution in [0.25, 0.3) is 11.3 Å². The number of alkyl halides is 3. The van der Waals surface area contributed by atoms with Crippen molar-refractivity contribution in [2.75, 3.05) is 17.2 Å². The second kappa shape index (κ2) is 7.08. The monoisotopic (exact) mass is 416 g/mol. The average molecular weight is 416 g/mol. The molecule has 0 radical (unpaired) electrons. The fourth-order valence-corrected chi connectivity index (χ4v) is 3.78. The van der Waals surface area contributed by atoms with E-state index in [-0.39, 0.29) is 11.7 Å². The molecule has 1 aromatic heterocycles. The number of hydrogen-bond donors (Lipinski definition) is 1. The third-order valence-corrected chi connectivity index (χ3v) is 5.08. The predicted octanol–water partition coefficient (Wildman–Crippen LogP) is 4.08. The Labute approximate surface area is 170 Å². The van der Waals surface area contributed by atoms with Crippen molar-refractivity contribution in [3.63, 3.8) is 0 Å². The van der Waals surface area contributed by atoms with Crippen LogP contribution in [0.15, 0.2) is 42.5 Å². The lowest BCUT2D eigenvalue weighted by Gasteiger charge is -2.29. The fourth-order valence-electron chi connectivity index (χ4n) is 3.78. The van der Waals surface area contributed by atoms with Crippen LogP contribution in [0.4, 0.5) is 24.7 Å². The van der Waals surface area contributed by atoms with Crippen LogP contribution in [0.1, 0.15) is 21.5 Å². The zero-order valence-corrected chi connectivity index (χ0v) is 16.3. The smallest absolute Gasteiger partial charge is 0.406 e. The van der Waals surface area contributed by atoms with E-state index >= 15 is 0 Å². The summed E-state index contributed by atoms with van der Waals surface area (Å²) >= 11 is 0. The highest BCUT2D eigenvalue weighted by Gasteiger charge is 2.33. The molecule has 0 bridgehead atoms. The SMILES string of the molecule is Cc1c(-c2ccc(N)cc2)nn(C)c1N1CCc2cc(OC(F)(F)F)ccc2C1=O. The van der Waals surface area contributed by atoms with E-state index in [1.807, 2.05) is 19.1 Å². The molecule has 0 atom stereocenters. The van der Waals surface area contributed by atoms with Crippen LogP contribution in [0.2, 0.25) is 0 Å². The lowest BCUT2D eigenvalue weighted by Crippen LogP contribution is -2.39. The number of aromatic nitrogens is 2. The van der Waals surface area contributed by atoms with E-state index in [4.69, 9.17) is 5.73 Å². The van der Waals surface area contributed by atoms with Gasteiger partial charge in [0, 0.05) is 36.0 Å². The maximum atomic E-state index is 13.1. The van der Waals surface area contributed by atoms with Crippen molar-refractivity contribution in [1.82, 2.24) is 9.78 Å². The second-order valence-corrected chi connectivity index (χ2v) is 7.12. The first-order valence-electron chi connectivity index (χ1n) is 9.24. The van der Waals surface area contributed by atoms with E-state index in [0.29, 0.717) is 35.6 Å². The summed E-state index contributed by atoms with van der Waals surface area (Å²) in [7, 11) is 1.76. The van der Waals surface area contributed by atoms with E-state index in [1.165, 1.54) is 12.1 Å². The van der Waals surface area contributed by atoms with Crippen LogP contribution in [0, 0.1) is 6.92 Å². The Kier molecular flexibility index (Phi) is 4.68. The zero-order valence-electron chi connectivity index (χ0n) is 16.3. The Bertz CT molecular complexity index is 1120. The summed E-state index contributed by atoms with van der Waals surface area (Å²) in [5.41, 5.74) is 9.72. The lowest BCUT2D eigenvalue weighted by molar-refractivity contribution is -0.274. The molecule has 4 rings (SSSR count). The minimum absolute atomic E-state index is 0.287. The third-order valence-electron chi connectivity index (χ3n) is 5.08. The number of nitrogens with zero attached hydrogens (tertiary/aromatic N) is 3. The van der Waals surface area contributed by atoms with Crippen LogP contribution in [-0.4, -0.2) is 28.6 Å². The topological polar surface area (TPSA) is 73.4 Å². The van der Waals surface area contributed by atoms with Gasteiger partial charge in [0.05, 0.1) is 5.69 Å². The molecular weight excluding hydrogens is 397 g/mol. The number of nitrogens with two attached hydrogens (primary N) is 1. The quantitative estimate of drug-likeness (QED) is 0.653. The van der Waals surface area contributed by atoms with Crippen LogP contribution >= 0.6 is 0 Å². The molecule has 1 aliphatic rings. The Balaban J connectivity index is 1.67. The summed E-state index contributed by atoms with van der Waals surface area (Å²) < 4.78 is 43.0. The third kappa shape index (κ3) is 3.58. The average Bonchev–Trinajstić information content (AvgIpc) is 2.96. The van der Waals surface area contributed by atoms with Gasteiger partial charge in [0.1, 0.15) is 11.6 Å². The number of amides is 1. The maximum Gasteiger partial charge on any atom is 0.573 e. The Morgan fingerprint density at radius 1 is 1.13 bits per heavy atom. The molecule has 9 heteroatoms. The van der Waals surface area contributed by atoms with Gasteiger partial charge in [-0.1, -0.05) is 12.1 Å². The minimum Gasteiger partial charge on any atom is -0.406 e. The van der Waals surface area contributed by atoms with Crippen LogP contribution in [0.5, 0.6) is 5.75 Å². The summed E-state index contributed by atoms with van der Waals surface area (Å²) in [6.45, 7) is 2.21. The predicted molar refractivity (Wildman–Crippen MR) is 106 cm³/mol. The Morgan fingerprint density at radius 2 is 1.83 bits per heavy atom. The molecule has 2 N–H and O–H groups in total. The number of anilines is 2. The molecule has 0 saturated heterocycles. The molecule has 6 nitrogen and oxygen atoms in total. The normalized spacial score (nSPS) is 14.0. The van der Waals surface area contributed by atoms with Crippen molar-refractivity contribution in [3.05, 3.63) is 59.2 Å². The van der Waals surface area contributed by atoms with Gasteiger partial charge in [-0.3, -0.25) is 14.4 Å². The largest absolute Gasteiger partial charge is 0.573 e. The molecule has 1 aliphatic heterocycles. The van der Waals surface area contributed by atoms with Gasteiger partial charge in [-0.05, 0) is 49.2 Å². The number of benzene rings is 2. The van der Waals surface area contributed by atoms with Gasteiger partial charge < -0.3 is 10.5 Å². The van der Waals surface area contributed by atoms with Gasteiger partial charge in [0.25, 0.3) is 5.91 Å². The van der Waals surface area contributed by atoms with Gasteiger partial charge in [0.15, 0.2) is 0 Å². The number of rotatable bonds is 3. The molecule has 3 aromatic rings. The van der Waals surface area contributed by atoms with Gasteiger partial charge in [-0.25, -0.2) is 0 Å². The molecule has 2 aromatic carbocycles. The minimum atomic E-state index is -4.77. The van der Waals surface area contributed by atoms with Crippen molar-refractivity contribution in [3.8, 4) is 17.0 Å². The van der Waals surface area contributed by atoms with E-state index < -0.39 is 6.36 Å². The molecule has 1 amide bonds. The highest BCUT2D eigenvalue weighted by atomic mass is 19.4.